The standard InChI is InChI=1S/C16H33N3O3.HI/c1-14(2)21-12-6-9-19-16(17-3)18-8-5-10-20-13-15-7-4-11-22-15;/h14-15H,4-13H2,1-3H3,(H2,17,18,19);1H. The Morgan fingerprint density at radius 2 is 1.91 bits per heavy atom. The fourth-order valence-electron chi connectivity index (χ4n) is 2.19. The second kappa shape index (κ2) is 15.4. The number of nitrogens with one attached hydrogen (secondary N) is 2. The van der Waals surface area contributed by atoms with Crippen molar-refractivity contribution in [1.29, 1.82) is 0 Å². The molecule has 0 aliphatic carbocycles. The molecular formula is C16H34IN3O3. The van der Waals surface area contributed by atoms with E-state index in [-0.39, 0.29) is 24.0 Å². The highest BCUT2D eigenvalue weighted by Gasteiger charge is 2.14. The number of guanidine groups is 1. The zero-order valence-corrected chi connectivity index (χ0v) is 17.1. The van der Waals surface area contributed by atoms with Gasteiger partial charge >= 0.3 is 0 Å². The summed E-state index contributed by atoms with van der Waals surface area (Å²) in [6.07, 6.45) is 4.85. The Bertz CT molecular complexity index is 298. The summed E-state index contributed by atoms with van der Waals surface area (Å²) in [4.78, 5) is 4.19. The Morgan fingerprint density at radius 3 is 2.48 bits per heavy atom. The largest absolute Gasteiger partial charge is 0.379 e. The molecule has 0 aromatic carbocycles. The Morgan fingerprint density at radius 1 is 1.22 bits per heavy atom. The fourth-order valence-corrected chi connectivity index (χ4v) is 2.19. The topological polar surface area (TPSA) is 64.1 Å². The minimum Gasteiger partial charge on any atom is -0.379 e. The van der Waals surface area contributed by atoms with Crippen LogP contribution in [0.5, 0.6) is 0 Å². The molecule has 23 heavy (non-hydrogen) atoms. The molecule has 2 N–H and O–H groups in total. The lowest BCUT2D eigenvalue weighted by Crippen LogP contribution is -2.38. The van der Waals surface area contributed by atoms with Crippen LogP contribution in [-0.4, -0.2) is 64.7 Å². The Kier molecular flexibility index (Phi) is 15.3. The molecule has 1 unspecified atom stereocenters. The summed E-state index contributed by atoms with van der Waals surface area (Å²) >= 11 is 0. The molecule has 7 heteroatoms. The van der Waals surface area contributed by atoms with Gasteiger partial charge in [0, 0.05) is 40.0 Å². The van der Waals surface area contributed by atoms with Crippen LogP contribution in [0.25, 0.3) is 0 Å². The second-order valence-electron chi connectivity index (χ2n) is 5.76. The summed E-state index contributed by atoms with van der Waals surface area (Å²) in [5.41, 5.74) is 0. The van der Waals surface area contributed by atoms with Crippen molar-refractivity contribution in [2.24, 2.45) is 4.99 Å². The Hall–Kier alpha value is -0.120. The van der Waals surface area contributed by atoms with E-state index in [4.69, 9.17) is 14.2 Å². The van der Waals surface area contributed by atoms with Crippen LogP contribution in [0.2, 0.25) is 0 Å². The van der Waals surface area contributed by atoms with Gasteiger partial charge in [-0.25, -0.2) is 0 Å². The van der Waals surface area contributed by atoms with Gasteiger partial charge in [-0.1, -0.05) is 0 Å². The normalized spacial score (nSPS) is 18.1. The first-order chi connectivity index (χ1) is 10.7. The average molecular weight is 443 g/mol. The minimum atomic E-state index is 0. The van der Waals surface area contributed by atoms with Crippen molar-refractivity contribution in [3.8, 4) is 0 Å². The van der Waals surface area contributed by atoms with Crippen molar-refractivity contribution < 1.29 is 14.2 Å². The maximum atomic E-state index is 5.63. The summed E-state index contributed by atoms with van der Waals surface area (Å²) in [5.74, 6) is 0.837. The predicted octanol–water partition coefficient (Wildman–Crippen LogP) is 2.17. The predicted molar refractivity (Wildman–Crippen MR) is 105 cm³/mol. The number of hydrogen-bond donors (Lipinski definition) is 2. The third-order valence-electron chi connectivity index (χ3n) is 3.37. The molecule has 0 spiro atoms. The van der Waals surface area contributed by atoms with Crippen molar-refractivity contribution >= 4 is 29.9 Å². The van der Waals surface area contributed by atoms with Gasteiger partial charge in [0.05, 0.1) is 18.8 Å². The molecule has 1 aliphatic rings. The number of ether oxygens (including phenoxy) is 3. The van der Waals surface area contributed by atoms with Crippen molar-refractivity contribution in [3.63, 3.8) is 0 Å². The van der Waals surface area contributed by atoms with Crippen LogP contribution < -0.4 is 10.6 Å². The van der Waals surface area contributed by atoms with E-state index in [0.717, 1.165) is 64.7 Å². The summed E-state index contributed by atoms with van der Waals surface area (Å²) in [7, 11) is 1.79. The molecule has 1 saturated heterocycles. The van der Waals surface area contributed by atoms with E-state index in [0.29, 0.717) is 12.2 Å². The highest BCUT2D eigenvalue weighted by atomic mass is 127. The Balaban J connectivity index is 0.00000484. The van der Waals surface area contributed by atoms with Gasteiger partial charge in [-0.2, -0.15) is 0 Å². The maximum absolute atomic E-state index is 5.63. The molecule has 0 amide bonds. The van der Waals surface area contributed by atoms with Gasteiger partial charge in [0.2, 0.25) is 0 Å². The van der Waals surface area contributed by atoms with Crippen LogP contribution in [0.3, 0.4) is 0 Å². The monoisotopic (exact) mass is 443 g/mol. The highest BCUT2D eigenvalue weighted by Crippen LogP contribution is 2.11. The lowest BCUT2D eigenvalue weighted by molar-refractivity contribution is 0.0168. The number of rotatable bonds is 11. The van der Waals surface area contributed by atoms with Crippen LogP contribution in [0.1, 0.15) is 39.5 Å². The molecular weight excluding hydrogens is 409 g/mol. The summed E-state index contributed by atoms with van der Waals surface area (Å²) < 4.78 is 16.6. The molecule has 1 heterocycles. The zero-order valence-electron chi connectivity index (χ0n) is 14.8. The van der Waals surface area contributed by atoms with Crippen LogP contribution in [-0.2, 0) is 14.2 Å². The van der Waals surface area contributed by atoms with E-state index >= 15 is 0 Å². The molecule has 1 aliphatic heterocycles. The van der Waals surface area contributed by atoms with Crippen molar-refractivity contribution in [2.75, 3.05) is 46.6 Å². The van der Waals surface area contributed by atoms with Crippen LogP contribution in [0.15, 0.2) is 4.99 Å². The average Bonchev–Trinajstić information content (AvgIpc) is 3.01. The lowest BCUT2D eigenvalue weighted by atomic mass is 10.2. The lowest BCUT2D eigenvalue weighted by Gasteiger charge is -2.13. The molecule has 1 atom stereocenters. The van der Waals surface area contributed by atoms with Gasteiger partial charge in [0.15, 0.2) is 5.96 Å². The molecule has 6 nitrogen and oxygen atoms in total. The van der Waals surface area contributed by atoms with E-state index in [1.165, 1.54) is 6.42 Å². The number of hydrogen-bond acceptors (Lipinski definition) is 4. The highest BCUT2D eigenvalue weighted by molar-refractivity contribution is 14.0. The van der Waals surface area contributed by atoms with E-state index < -0.39 is 0 Å². The van der Waals surface area contributed by atoms with Crippen molar-refractivity contribution in [1.82, 2.24) is 10.6 Å². The van der Waals surface area contributed by atoms with Crippen molar-refractivity contribution in [2.45, 2.75) is 51.7 Å². The van der Waals surface area contributed by atoms with E-state index in [2.05, 4.69) is 29.5 Å². The van der Waals surface area contributed by atoms with Gasteiger partial charge in [0.25, 0.3) is 0 Å². The first-order valence-corrected chi connectivity index (χ1v) is 8.48. The molecule has 138 valence electrons. The SMILES string of the molecule is CN=C(NCCCOCC1CCCO1)NCCCOC(C)C.I. The van der Waals surface area contributed by atoms with Gasteiger partial charge in [-0.3, -0.25) is 4.99 Å². The van der Waals surface area contributed by atoms with Gasteiger partial charge in [0.1, 0.15) is 0 Å². The van der Waals surface area contributed by atoms with Crippen molar-refractivity contribution in [3.05, 3.63) is 0 Å². The molecule has 0 aromatic rings. The fraction of sp³-hybridized carbons (Fsp3) is 0.938. The van der Waals surface area contributed by atoms with E-state index in [9.17, 15) is 0 Å². The first-order valence-electron chi connectivity index (χ1n) is 8.48. The third-order valence-corrected chi connectivity index (χ3v) is 3.37. The zero-order chi connectivity index (χ0) is 16.0. The number of aliphatic imine (C=N–C) groups is 1. The molecule has 0 saturated carbocycles. The van der Waals surface area contributed by atoms with Gasteiger partial charge in [-0.05, 0) is 39.5 Å². The third kappa shape index (κ3) is 12.9. The van der Waals surface area contributed by atoms with Crippen LogP contribution >= 0.6 is 24.0 Å². The quantitative estimate of drug-likeness (QED) is 0.222. The number of halogens is 1. The van der Waals surface area contributed by atoms with E-state index in [1.807, 2.05) is 0 Å². The summed E-state index contributed by atoms with van der Waals surface area (Å²) in [6, 6.07) is 0. The summed E-state index contributed by atoms with van der Waals surface area (Å²) in [6.45, 7) is 8.96. The second-order valence-corrected chi connectivity index (χ2v) is 5.76. The minimum absolute atomic E-state index is 0. The number of nitrogens with zero attached hydrogens (tertiary/aromatic N) is 1. The molecule has 0 aromatic heterocycles. The first kappa shape index (κ1) is 22.9. The molecule has 0 radical (unpaired) electrons. The van der Waals surface area contributed by atoms with Crippen LogP contribution in [0.4, 0.5) is 0 Å². The molecule has 1 rings (SSSR count). The molecule has 1 fully saturated rings. The smallest absolute Gasteiger partial charge is 0.190 e. The van der Waals surface area contributed by atoms with Crippen LogP contribution in [0, 0.1) is 0 Å². The maximum Gasteiger partial charge on any atom is 0.190 e. The van der Waals surface area contributed by atoms with Gasteiger partial charge in [-0.15, -0.1) is 24.0 Å². The Labute approximate surface area is 158 Å². The summed E-state index contributed by atoms with van der Waals surface area (Å²) in [5, 5.41) is 6.56. The van der Waals surface area contributed by atoms with E-state index in [1.54, 1.807) is 7.05 Å². The van der Waals surface area contributed by atoms with Gasteiger partial charge < -0.3 is 24.8 Å². The molecule has 0 bridgehead atoms.